The Morgan fingerprint density at radius 1 is 1.30 bits per heavy atom. The van der Waals surface area contributed by atoms with Crippen LogP contribution in [0, 0.1) is 0 Å². The first-order chi connectivity index (χ1) is 9.64. The number of hydrogen-bond donors (Lipinski definition) is 1. The van der Waals surface area contributed by atoms with Gasteiger partial charge < -0.3 is 10.1 Å². The molecular formula is C16H19N3O. The first-order valence-corrected chi connectivity index (χ1v) is 6.90. The van der Waals surface area contributed by atoms with Gasteiger partial charge in [-0.15, -0.1) is 0 Å². The molecule has 0 saturated heterocycles. The molecule has 1 atom stereocenters. The number of hydrogen-bond acceptors (Lipinski definition) is 4. The van der Waals surface area contributed by atoms with Crippen LogP contribution in [0.5, 0.6) is 5.75 Å². The van der Waals surface area contributed by atoms with Gasteiger partial charge in [0.1, 0.15) is 17.7 Å². The summed E-state index contributed by atoms with van der Waals surface area (Å²) >= 11 is 0. The van der Waals surface area contributed by atoms with Crippen molar-refractivity contribution in [3.8, 4) is 5.75 Å². The Morgan fingerprint density at radius 3 is 2.95 bits per heavy atom. The number of nitrogens with one attached hydrogen (secondary N) is 1. The Morgan fingerprint density at radius 2 is 2.15 bits per heavy atom. The lowest BCUT2D eigenvalue weighted by atomic mass is 9.89. The largest absolute Gasteiger partial charge is 0.487 e. The molecule has 4 nitrogen and oxygen atoms in total. The highest BCUT2D eigenvalue weighted by Gasteiger charge is 2.33. The van der Waals surface area contributed by atoms with Gasteiger partial charge in [-0.2, -0.15) is 0 Å². The summed E-state index contributed by atoms with van der Waals surface area (Å²) < 4.78 is 6.04. The average Bonchev–Trinajstić information content (AvgIpc) is 2.45. The van der Waals surface area contributed by atoms with E-state index in [2.05, 4.69) is 41.3 Å². The number of nitrogens with zero attached hydrogens (tertiary/aromatic N) is 2. The van der Waals surface area contributed by atoms with Crippen LogP contribution in [0.4, 0.5) is 0 Å². The minimum atomic E-state index is -0.155. The molecule has 0 amide bonds. The molecule has 0 radical (unpaired) electrons. The van der Waals surface area contributed by atoms with E-state index in [0.29, 0.717) is 0 Å². The van der Waals surface area contributed by atoms with Gasteiger partial charge in [-0.1, -0.05) is 18.2 Å². The molecule has 1 aromatic heterocycles. The zero-order chi connectivity index (χ0) is 14.0. The second kappa shape index (κ2) is 5.21. The number of aromatic nitrogens is 2. The molecule has 1 aromatic carbocycles. The van der Waals surface area contributed by atoms with E-state index in [-0.39, 0.29) is 11.6 Å². The van der Waals surface area contributed by atoms with Crippen molar-refractivity contribution in [1.29, 1.82) is 0 Å². The van der Waals surface area contributed by atoms with Gasteiger partial charge in [0.05, 0.1) is 5.69 Å². The molecule has 3 rings (SSSR count). The molecule has 104 valence electrons. The maximum atomic E-state index is 6.04. The molecule has 2 heterocycles. The summed E-state index contributed by atoms with van der Waals surface area (Å²) in [5.74, 6) is 0.976. The Kier molecular flexibility index (Phi) is 3.40. The quantitative estimate of drug-likeness (QED) is 0.930. The van der Waals surface area contributed by atoms with Crippen molar-refractivity contribution in [3.05, 3.63) is 54.1 Å². The number of rotatable bonds is 3. The fourth-order valence-corrected chi connectivity index (χ4v) is 2.63. The maximum absolute atomic E-state index is 6.04. The van der Waals surface area contributed by atoms with E-state index < -0.39 is 0 Å². The predicted octanol–water partition coefficient (Wildman–Crippen LogP) is 2.87. The molecule has 4 heteroatoms. The number of fused-ring (bicyclic) bond motifs is 1. The molecule has 1 unspecified atom stereocenters. The fraction of sp³-hybridized carbons (Fsp3) is 0.375. The second-order valence-corrected chi connectivity index (χ2v) is 5.74. The van der Waals surface area contributed by atoms with E-state index in [4.69, 9.17) is 4.74 Å². The van der Waals surface area contributed by atoms with Gasteiger partial charge in [0, 0.05) is 30.8 Å². The van der Waals surface area contributed by atoms with Crippen LogP contribution in [0.3, 0.4) is 0 Å². The van der Waals surface area contributed by atoms with Crippen molar-refractivity contribution in [2.24, 2.45) is 0 Å². The monoisotopic (exact) mass is 269 g/mol. The number of para-hydroxylation sites is 1. The lowest BCUT2D eigenvalue weighted by Gasteiger charge is -2.38. The van der Waals surface area contributed by atoms with Gasteiger partial charge in [-0.25, -0.2) is 9.97 Å². The second-order valence-electron chi connectivity index (χ2n) is 5.74. The molecule has 0 aliphatic carbocycles. The highest BCUT2D eigenvalue weighted by atomic mass is 16.5. The molecule has 0 saturated carbocycles. The number of benzene rings is 1. The summed E-state index contributed by atoms with van der Waals surface area (Å²) in [4.78, 5) is 8.19. The summed E-state index contributed by atoms with van der Waals surface area (Å²) in [5, 5.41) is 3.58. The first kappa shape index (κ1) is 13.1. The minimum Gasteiger partial charge on any atom is -0.487 e. The Bertz CT molecular complexity index is 583. The van der Waals surface area contributed by atoms with Crippen LogP contribution in [-0.4, -0.2) is 15.6 Å². The Hall–Kier alpha value is -1.94. The molecule has 0 bridgehead atoms. The van der Waals surface area contributed by atoms with Crippen molar-refractivity contribution in [3.63, 3.8) is 0 Å². The van der Waals surface area contributed by atoms with Gasteiger partial charge in [0.15, 0.2) is 0 Å². The van der Waals surface area contributed by atoms with Crippen LogP contribution in [0.25, 0.3) is 0 Å². The Labute approximate surface area is 119 Å². The minimum absolute atomic E-state index is 0.155. The molecule has 1 N–H and O–H groups in total. The van der Waals surface area contributed by atoms with Crippen LogP contribution < -0.4 is 10.1 Å². The zero-order valence-corrected chi connectivity index (χ0v) is 11.8. The van der Waals surface area contributed by atoms with E-state index >= 15 is 0 Å². The summed E-state index contributed by atoms with van der Waals surface area (Å²) in [5.41, 5.74) is 2.07. The van der Waals surface area contributed by atoms with Crippen molar-refractivity contribution in [2.45, 2.75) is 38.5 Å². The third kappa shape index (κ3) is 2.80. The van der Waals surface area contributed by atoms with Crippen LogP contribution in [0.15, 0.2) is 42.9 Å². The lowest BCUT2D eigenvalue weighted by Crippen LogP contribution is -2.39. The van der Waals surface area contributed by atoms with Crippen molar-refractivity contribution in [2.75, 3.05) is 0 Å². The SMILES string of the molecule is CC1(C)CC(NCc2ccncn2)c2ccccc2O1. The molecular weight excluding hydrogens is 250 g/mol. The van der Waals surface area contributed by atoms with E-state index in [1.807, 2.05) is 18.2 Å². The Balaban J connectivity index is 1.79. The van der Waals surface area contributed by atoms with Gasteiger partial charge in [-0.3, -0.25) is 0 Å². The van der Waals surface area contributed by atoms with Gasteiger partial charge in [0.25, 0.3) is 0 Å². The molecule has 0 fully saturated rings. The summed E-state index contributed by atoms with van der Waals surface area (Å²) in [6.07, 6.45) is 4.29. The van der Waals surface area contributed by atoms with E-state index in [9.17, 15) is 0 Å². The van der Waals surface area contributed by atoms with Crippen LogP contribution >= 0.6 is 0 Å². The molecule has 20 heavy (non-hydrogen) atoms. The first-order valence-electron chi connectivity index (χ1n) is 6.90. The summed E-state index contributed by atoms with van der Waals surface area (Å²) in [6, 6.07) is 10.5. The highest BCUT2D eigenvalue weighted by molar-refractivity contribution is 5.38. The summed E-state index contributed by atoms with van der Waals surface area (Å²) in [6.45, 7) is 4.99. The van der Waals surface area contributed by atoms with E-state index in [1.54, 1.807) is 12.5 Å². The molecule has 0 spiro atoms. The van der Waals surface area contributed by atoms with Gasteiger partial charge >= 0.3 is 0 Å². The average molecular weight is 269 g/mol. The summed E-state index contributed by atoms with van der Waals surface area (Å²) in [7, 11) is 0. The normalized spacial score (nSPS) is 20.0. The zero-order valence-electron chi connectivity index (χ0n) is 11.8. The third-order valence-corrected chi connectivity index (χ3v) is 3.55. The van der Waals surface area contributed by atoms with Gasteiger partial charge in [0.2, 0.25) is 0 Å². The van der Waals surface area contributed by atoms with Crippen LogP contribution in [-0.2, 0) is 6.54 Å². The topological polar surface area (TPSA) is 47.0 Å². The van der Waals surface area contributed by atoms with Gasteiger partial charge in [-0.05, 0) is 26.0 Å². The smallest absolute Gasteiger partial charge is 0.124 e. The van der Waals surface area contributed by atoms with E-state index in [0.717, 1.165) is 24.4 Å². The lowest BCUT2D eigenvalue weighted by molar-refractivity contribution is 0.0656. The molecule has 2 aromatic rings. The van der Waals surface area contributed by atoms with Crippen molar-refractivity contribution < 1.29 is 4.74 Å². The third-order valence-electron chi connectivity index (χ3n) is 3.55. The van der Waals surface area contributed by atoms with Crippen molar-refractivity contribution in [1.82, 2.24) is 15.3 Å². The predicted molar refractivity (Wildman–Crippen MR) is 77.4 cm³/mol. The highest BCUT2D eigenvalue weighted by Crippen LogP contribution is 2.39. The van der Waals surface area contributed by atoms with Crippen molar-refractivity contribution >= 4 is 0 Å². The molecule has 1 aliphatic rings. The maximum Gasteiger partial charge on any atom is 0.124 e. The fourth-order valence-electron chi connectivity index (χ4n) is 2.63. The van der Waals surface area contributed by atoms with Crippen LogP contribution in [0.2, 0.25) is 0 Å². The van der Waals surface area contributed by atoms with Crippen LogP contribution in [0.1, 0.15) is 37.6 Å². The molecule has 1 aliphatic heterocycles. The standard InChI is InChI=1S/C16H19N3O/c1-16(2)9-14(13-5-3-4-6-15(13)20-16)18-10-12-7-8-17-11-19-12/h3-8,11,14,18H,9-10H2,1-2H3. The van der Waals surface area contributed by atoms with E-state index in [1.165, 1.54) is 5.56 Å². The number of ether oxygens (including phenoxy) is 1.